The first-order chi connectivity index (χ1) is 5.70. The number of nitrogens with zero attached hydrogens (tertiary/aromatic N) is 2. The van der Waals surface area contributed by atoms with E-state index in [-0.39, 0.29) is 0 Å². The Morgan fingerprint density at radius 2 is 2.08 bits per heavy atom. The van der Waals surface area contributed by atoms with Crippen molar-refractivity contribution < 1.29 is 4.68 Å². The summed E-state index contributed by atoms with van der Waals surface area (Å²) in [5.41, 5.74) is 2.63. The van der Waals surface area contributed by atoms with E-state index in [0.717, 1.165) is 0 Å². The Kier molecular flexibility index (Phi) is 1.43. The van der Waals surface area contributed by atoms with Gasteiger partial charge in [-0.05, 0) is 18.6 Å². The third-order valence-corrected chi connectivity index (χ3v) is 2.44. The third kappa shape index (κ3) is 0.843. The van der Waals surface area contributed by atoms with E-state index in [1.54, 1.807) is 0 Å². The number of aromatic nitrogens is 2. The van der Waals surface area contributed by atoms with Gasteiger partial charge in [0.2, 0.25) is 6.20 Å². The summed E-state index contributed by atoms with van der Waals surface area (Å²) in [6.45, 7) is 2.14. The molecule has 12 heavy (non-hydrogen) atoms. The van der Waals surface area contributed by atoms with Gasteiger partial charge in [-0.1, -0.05) is 12.1 Å². The Hall–Kier alpha value is -1.31. The number of fused-ring (bicyclic) bond motifs is 1. The van der Waals surface area contributed by atoms with Gasteiger partial charge in [-0.15, -0.1) is 4.68 Å². The van der Waals surface area contributed by atoms with Crippen LogP contribution < -0.4 is 4.68 Å². The van der Waals surface area contributed by atoms with Gasteiger partial charge < -0.3 is 0 Å². The highest BCUT2D eigenvalue weighted by molar-refractivity contribution is 5.80. The zero-order valence-corrected chi connectivity index (χ0v) is 7.70. The SMILES string of the molecule is Cc1cccc2c1c[n+](C)n2C. The topological polar surface area (TPSA) is 8.81 Å². The summed E-state index contributed by atoms with van der Waals surface area (Å²) in [6.07, 6.45) is 2.16. The number of benzene rings is 1. The van der Waals surface area contributed by atoms with Crippen LogP contribution in [-0.2, 0) is 14.1 Å². The molecule has 0 N–H and O–H groups in total. The lowest BCUT2D eigenvalue weighted by molar-refractivity contribution is -0.748. The minimum Gasteiger partial charge on any atom is -0.156 e. The molecule has 2 rings (SSSR count). The second-order valence-corrected chi connectivity index (χ2v) is 3.23. The normalized spacial score (nSPS) is 10.9. The molecule has 62 valence electrons. The van der Waals surface area contributed by atoms with Crippen LogP contribution in [0, 0.1) is 6.92 Å². The van der Waals surface area contributed by atoms with Crippen molar-refractivity contribution >= 4 is 10.9 Å². The molecular formula is C10H13N2+. The number of hydrogen-bond acceptors (Lipinski definition) is 0. The molecule has 2 nitrogen and oxygen atoms in total. The molecule has 0 aliphatic rings. The minimum absolute atomic E-state index is 1.29. The molecule has 0 aliphatic carbocycles. The molecule has 0 fully saturated rings. The van der Waals surface area contributed by atoms with E-state index in [1.807, 2.05) is 0 Å². The van der Waals surface area contributed by atoms with Crippen LogP contribution >= 0.6 is 0 Å². The van der Waals surface area contributed by atoms with Crippen molar-refractivity contribution in [3.8, 4) is 0 Å². The molecule has 0 atom stereocenters. The van der Waals surface area contributed by atoms with Crippen LogP contribution in [0.2, 0.25) is 0 Å². The molecule has 2 aromatic rings. The average molecular weight is 161 g/mol. The van der Waals surface area contributed by atoms with Gasteiger partial charge in [0, 0.05) is 0 Å². The van der Waals surface area contributed by atoms with Crippen molar-refractivity contribution in [1.82, 2.24) is 4.68 Å². The first-order valence-electron chi connectivity index (χ1n) is 4.11. The molecule has 0 saturated heterocycles. The molecule has 0 saturated carbocycles. The summed E-state index contributed by atoms with van der Waals surface area (Å²) in [5.74, 6) is 0. The first kappa shape index (κ1) is 7.35. The van der Waals surface area contributed by atoms with Gasteiger partial charge in [0.15, 0.2) is 7.05 Å². The third-order valence-electron chi connectivity index (χ3n) is 2.44. The highest BCUT2D eigenvalue weighted by Gasteiger charge is 2.08. The second-order valence-electron chi connectivity index (χ2n) is 3.23. The fraction of sp³-hybridized carbons (Fsp3) is 0.300. The predicted molar refractivity (Wildman–Crippen MR) is 48.8 cm³/mol. The molecular weight excluding hydrogens is 148 g/mol. The van der Waals surface area contributed by atoms with Crippen LogP contribution in [0.3, 0.4) is 0 Å². The van der Waals surface area contributed by atoms with E-state index in [1.165, 1.54) is 16.5 Å². The smallest absolute Gasteiger partial charge is 0.156 e. The van der Waals surface area contributed by atoms with Crippen LogP contribution in [0.4, 0.5) is 0 Å². The van der Waals surface area contributed by atoms with E-state index in [2.05, 4.69) is 54.8 Å². The van der Waals surface area contributed by atoms with Gasteiger partial charge in [0.1, 0.15) is 5.52 Å². The van der Waals surface area contributed by atoms with Crippen LogP contribution in [0.15, 0.2) is 24.4 Å². The fourth-order valence-corrected chi connectivity index (χ4v) is 1.56. The van der Waals surface area contributed by atoms with E-state index in [0.29, 0.717) is 0 Å². The number of hydrogen-bond donors (Lipinski definition) is 0. The van der Waals surface area contributed by atoms with Crippen molar-refractivity contribution in [2.75, 3.05) is 0 Å². The lowest BCUT2D eigenvalue weighted by Crippen LogP contribution is -2.35. The maximum atomic E-state index is 2.16. The van der Waals surface area contributed by atoms with Crippen LogP contribution in [-0.4, -0.2) is 4.68 Å². The second kappa shape index (κ2) is 2.34. The Morgan fingerprint density at radius 1 is 1.33 bits per heavy atom. The van der Waals surface area contributed by atoms with Crippen molar-refractivity contribution in [3.63, 3.8) is 0 Å². The van der Waals surface area contributed by atoms with Crippen LogP contribution in [0.1, 0.15) is 5.56 Å². The van der Waals surface area contributed by atoms with E-state index in [9.17, 15) is 0 Å². The Bertz CT molecular complexity index is 427. The monoisotopic (exact) mass is 161 g/mol. The maximum Gasteiger partial charge on any atom is 0.203 e. The minimum atomic E-state index is 1.29. The lowest BCUT2D eigenvalue weighted by atomic mass is 10.1. The Morgan fingerprint density at radius 3 is 2.75 bits per heavy atom. The fourth-order valence-electron chi connectivity index (χ4n) is 1.56. The zero-order chi connectivity index (χ0) is 8.72. The Balaban J connectivity index is 2.95. The van der Waals surface area contributed by atoms with Gasteiger partial charge in [-0.3, -0.25) is 0 Å². The number of rotatable bonds is 0. The van der Waals surface area contributed by atoms with Crippen LogP contribution in [0.5, 0.6) is 0 Å². The van der Waals surface area contributed by atoms with Gasteiger partial charge in [-0.25, -0.2) is 0 Å². The summed E-state index contributed by atoms with van der Waals surface area (Å²) in [7, 11) is 4.13. The van der Waals surface area contributed by atoms with Gasteiger partial charge in [0.05, 0.1) is 12.4 Å². The zero-order valence-electron chi connectivity index (χ0n) is 7.70. The first-order valence-corrected chi connectivity index (χ1v) is 4.11. The Labute approximate surface area is 72.0 Å². The summed E-state index contributed by atoms with van der Waals surface area (Å²) < 4.78 is 4.24. The van der Waals surface area contributed by atoms with Gasteiger partial charge in [-0.2, -0.15) is 4.68 Å². The molecule has 0 unspecified atom stereocenters. The standard InChI is InChI=1S/C10H13N2/c1-8-5-4-6-10-9(8)7-11(2)12(10)3/h4-7H,1-3H3/q+1. The highest BCUT2D eigenvalue weighted by Crippen LogP contribution is 2.14. The van der Waals surface area contributed by atoms with Crippen molar-refractivity contribution in [3.05, 3.63) is 30.0 Å². The van der Waals surface area contributed by atoms with Gasteiger partial charge >= 0.3 is 0 Å². The van der Waals surface area contributed by atoms with Crippen molar-refractivity contribution in [2.24, 2.45) is 14.1 Å². The summed E-state index contributed by atoms with van der Waals surface area (Å²) >= 11 is 0. The van der Waals surface area contributed by atoms with Crippen molar-refractivity contribution in [1.29, 1.82) is 0 Å². The molecule has 0 spiro atoms. The summed E-state index contributed by atoms with van der Waals surface area (Å²) in [6, 6.07) is 6.38. The van der Waals surface area contributed by atoms with E-state index < -0.39 is 0 Å². The van der Waals surface area contributed by atoms with Crippen molar-refractivity contribution in [2.45, 2.75) is 6.92 Å². The maximum absolute atomic E-state index is 2.16. The average Bonchev–Trinajstić information content (AvgIpc) is 2.32. The molecule has 1 aromatic carbocycles. The molecule has 2 heteroatoms. The molecule has 0 amide bonds. The predicted octanol–water partition coefficient (Wildman–Crippen LogP) is 1.31. The highest BCUT2D eigenvalue weighted by atomic mass is 15.4. The quantitative estimate of drug-likeness (QED) is 0.515. The molecule has 0 aliphatic heterocycles. The lowest BCUT2D eigenvalue weighted by Gasteiger charge is -1.92. The van der Waals surface area contributed by atoms with E-state index >= 15 is 0 Å². The number of aryl methyl sites for hydroxylation is 3. The largest absolute Gasteiger partial charge is 0.203 e. The summed E-state index contributed by atoms with van der Waals surface area (Å²) in [5, 5.41) is 1.34. The molecule has 1 heterocycles. The summed E-state index contributed by atoms with van der Waals surface area (Å²) in [4.78, 5) is 0. The van der Waals surface area contributed by atoms with Gasteiger partial charge in [0.25, 0.3) is 0 Å². The van der Waals surface area contributed by atoms with Crippen LogP contribution in [0.25, 0.3) is 10.9 Å². The molecule has 1 aromatic heterocycles. The molecule has 0 radical (unpaired) electrons. The molecule has 0 bridgehead atoms. The van der Waals surface area contributed by atoms with E-state index in [4.69, 9.17) is 0 Å².